The lowest BCUT2D eigenvalue weighted by Crippen LogP contribution is -2.39. The van der Waals surface area contributed by atoms with E-state index in [4.69, 9.17) is 9.47 Å². The molecule has 1 aliphatic rings. The van der Waals surface area contributed by atoms with Gasteiger partial charge in [0.25, 0.3) is 11.8 Å². The Bertz CT molecular complexity index is 1050. The van der Waals surface area contributed by atoms with Gasteiger partial charge in [0, 0.05) is 12.2 Å². The largest absolute Gasteiger partial charge is 0.494 e. The normalized spacial score (nSPS) is 12.8. The van der Waals surface area contributed by atoms with Crippen molar-refractivity contribution in [3.05, 3.63) is 70.4 Å². The Morgan fingerprint density at radius 3 is 2.77 bits per heavy atom. The molecular formula is C24H24N2O4S. The predicted octanol–water partition coefficient (Wildman–Crippen LogP) is 4.76. The van der Waals surface area contributed by atoms with Crippen LogP contribution in [0.4, 0.5) is 11.4 Å². The Labute approximate surface area is 185 Å². The quantitative estimate of drug-likeness (QED) is 0.517. The first kappa shape index (κ1) is 20.9. The number of rotatable bonds is 8. The summed E-state index contributed by atoms with van der Waals surface area (Å²) in [7, 11) is 0. The van der Waals surface area contributed by atoms with Crippen LogP contribution in [0.25, 0.3) is 0 Å². The van der Waals surface area contributed by atoms with Gasteiger partial charge >= 0.3 is 0 Å². The Balaban J connectivity index is 1.39. The molecule has 1 aromatic heterocycles. The van der Waals surface area contributed by atoms with Crippen LogP contribution in [0.3, 0.4) is 0 Å². The summed E-state index contributed by atoms with van der Waals surface area (Å²) in [6.07, 6.45) is 1.67. The molecule has 0 unspecified atom stereocenters. The Morgan fingerprint density at radius 1 is 1.19 bits per heavy atom. The van der Waals surface area contributed by atoms with Gasteiger partial charge in [-0.2, -0.15) is 0 Å². The van der Waals surface area contributed by atoms with Crippen LogP contribution in [0, 0.1) is 0 Å². The topological polar surface area (TPSA) is 67.9 Å². The van der Waals surface area contributed by atoms with Gasteiger partial charge in [0.1, 0.15) is 11.5 Å². The van der Waals surface area contributed by atoms with Crippen molar-refractivity contribution >= 4 is 34.5 Å². The number of hydrogen-bond donors (Lipinski definition) is 1. The van der Waals surface area contributed by atoms with Crippen molar-refractivity contribution in [1.29, 1.82) is 0 Å². The van der Waals surface area contributed by atoms with E-state index >= 15 is 0 Å². The zero-order valence-electron chi connectivity index (χ0n) is 17.3. The van der Waals surface area contributed by atoms with Gasteiger partial charge < -0.3 is 19.7 Å². The number of carbonyl (C=O) groups is 2. The molecule has 0 saturated heterocycles. The van der Waals surface area contributed by atoms with Crippen LogP contribution in [-0.4, -0.2) is 31.6 Å². The molecule has 3 aromatic rings. The number of thiophene rings is 1. The van der Waals surface area contributed by atoms with E-state index in [1.165, 1.54) is 16.9 Å². The Morgan fingerprint density at radius 2 is 2.03 bits per heavy atom. The Hall–Kier alpha value is -3.32. The van der Waals surface area contributed by atoms with Crippen LogP contribution in [0.15, 0.2) is 60.0 Å². The highest BCUT2D eigenvalue weighted by molar-refractivity contribution is 7.12. The van der Waals surface area contributed by atoms with Gasteiger partial charge in [0.15, 0.2) is 6.61 Å². The second-order valence-electron chi connectivity index (χ2n) is 7.15. The van der Waals surface area contributed by atoms with Crippen molar-refractivity contribution in [3.63, 3.8) is 0 Å². The second-order valence-corrected chi connectivity index (χ2v) is 8.10. The zero-order valence-corrected chi connectivity index (χ0v) is 18.1. The highest BCUT2D eigenvalue weighted by atomic mass is 32.1. The maximum Gasteiger partial charge on any atom is 0.265 e. The number of ether oxygens (including phenoxy) is 2. The zero-order chi connectivity index (χ0) is 21.6. The summed E-state index contributed by atoms with van der Waals surface area (Å²) in [6.45, 7) is 3.13. The maximum atomic E-state index is 12.5. The molecule has 1 aliphatic heterocycles. The molecule has 0 saturated carbocycles. The average Bonchev–Trinajstić information content (AvgIpc) is 3.33. The van der Waals surface area contributed by atoms with E-state index in [0.29, 0.717) is 41.6 Å². The lowest BCUT2D eigenvalue weighted by molar-refractivity contribution is -0.121. The van der Waals surface area contributed by atoms with Gasteiger partial charge in [-0.05, 0) is 60.2 Å². The molecule has 31 heavy (non-hydrogen) atoms. The molecule has 0 radical (unpaired) electrons. The standard InChI is InChI=1S/C24H24N2O4S/c1-2-17-6-9-19(10-7-17)29-13-4-12-26-20-15-18(8-11-21(20)30-16-23(26)27)25-24(28)22-5-3-14-31-22/h3,5-11,14-15H,2,4,12-13,16H2,1H3,(H,25,28). The fourth-order valence-electron chi connectivity index (χ4n) is 3.36. The highest BCUT2D eigenvalue weighted by Gasteiger charge is 2.25. The maximum absolute atomic E-state index is 12.5. The molecule has 7 heteroatoms. The van der Waals surface area contributed by atoms with Crippen molar-refractivity contribution in [2.24, 2.45) is 0 Å². The number of amides is 2. The van der Waals surface area contributed by atoms with E-state index in [9.17, 15) is 9.59 Å². The van der Waals surface area contributed by atoms with E-state index < -0.39 is 0 Å². The molecule has 2 heterocycles. The third-order valence-electron chi connectivity index (χ3n) is 5.03. The number of carbonyl (C=O) groups excluding carboxylic acids is 2. The van der Waals surface area contributed by atoms with Crippen LogP contribution >= 0.6 is 11.3 Å². The lowest BCUT2D eigenvalue weighted by Gasteiger charge is -2.29. The molecule has 0 fully saturated rings. The van der Waals surface area contributed by atoms with Crippen LogP contribution in [0.1, 0.15) is 28.6 Å². The monoisotopic (exact) mass is 436 g/mol. The van der Waals surface area contributed by atoms with Crippen molar-refractivity contribution in [1.82, 2.24) is 0 Å². The van der Waals surface area contributed by atoms with E-state index in [2.05, 4.69) is 24.4 Å². The summed E-state index contributed by atoms with van der Waals surface area (Å²) in [6, 6.07) is 17.0. The van der Waals surface area contributed by atoms with Crippen LogP contribution in [0.5, 0.6) is 11.5 Å². The minimum atomic E-state index is -0.174. The average molecular weight is 437 g/mol. The molecule has 0 aliphatic carbocycles. The van der Waals surface area contributed by atoms with Crippen molar-refractivity contribution in [3.8, 4) is 11.5 Å². The highest BCUT2D eigenvalue weighted by Crippen LogP contribution is 2.35. The number of nitrogens with zero attached hydrogens (tertiary/aromatic N) is 1. The van der Waals surface area contributed by atoms with Gasteiger partial charge in [-0.1, -0.05) is 25.1 Å². The molecule has 1 N–H and O–H groups in total. The molecule has 0 spiro atoms. The summed E-state index contributed by atoms with van der Waals surface area (Å²) in [5, 5.41) is 4.74. The van der Waals surface area contributed by atoms with Gasteiger partial charge in [0.05, 0.1) is 17.2 Å². The molecular weight excluding hydrogens is 412 g/mol. The smallest absolute Gasteiger partial charge is 0.265 e. The molecule has 0 atom stereocenters. The predicted molar refractivity (Wildman–Crippen MR) is 122 cm³/mol. The van der Waals surface area contributed by atoms with Crippen molar-refractivity contribution in [2.75, 3.05) is 30.0 Å². The van der Waals surface area contributed by atoms with Crippen LogP contribution in [-0.2, 0) is 11.2 Å². The van der Waals surface area contributed by atoms with E-state index in [0.717, 1.165) is 12.2 Å². The van der Waals surface area contributed by atoms with Gasteiger partial charge in [-0.15, -0.1) is 11.3 Å². The van der Waals surface area contributed by atoms with Crippen LogP contribution in [0.2, 0.25) is 0 Å². The van der Waals surface area contributed by atoms with E-state index in [1.54, 1.807) is 29.2 Å². The number of anilines is 2. The van der Waals surface area contributed by atoms with Crippen molar-refractivity contribution in [2.45, 2.75) is 19.8 Å². The Kier molecular flexibility index (Phi) is 6.52. The summed E-state index contributed by atoms with van der Waals surface area (Å²) in [5.74, 6) is 1.17. The molecule has 160 valence electrons. The number of benzene rings is 2. The molecule has 2 amide bonds. The first-order valence-electron chi connectivity index (χ1n) is 10.3. The SMILES string of the molecule is CCc1ccc(OCCCN2C(=O)COc3ccc(NC(=O)c4cccs4)cc32)cc1. The van der Waals surface area contributed by atoms with Crippen LogP contribution < -0.4 is 19.7 Å². The number of fused-ring (bicyclic) bond motifs is 1. The van der Waals surface area contributed by atoms with E-state index in [1.807, 2.05) is 23.6 Å². The molecule has 0 bridgehead atoms. The summed E-state index contributed by atoms with van der Waals surface area (Å²) >= 11 is 1.38. The van der Waals surface area contributed by atoms with Gasteiger partial charge in [-0.25, -0.2) is 0 Å². The fraction of sp³-hybridized carbons (Fsp3) is 0.250. The van der Waals surface area contributed by atoms with Gasteiger partial charge in [-0.3, -0.25) is 9.59 Å². The fourth-order valence-corrected chi connectivity index (χ4v) is 3.98. The number of hydrogen-bond acceptors (Lipinski definition) is 5. The van der Waals surface area contributed by atoms with Crippen molar-refractivity contribution < 1.29 is 19.1 Å². The first-order valence-corrected chi connectivity index (χ1v) is 11.2. The van der Waals surface area contributed by atoms with Gasteiger partial charge in [0.2, 0.25) is 0 Å². The summed E-state index contributed by atoms with van der Waals surface area (Å²) in [4.78, 5) is 27.2. The molecule has 2 aromatic carbocycles. The third kappa shape index (κ3) is 5.06. The van der Waals surface area contributed by atoms with E-state index in [-0.39, 0.29) is 18.4 Å². The summed E-state index contributed by atoms with van der Waals surface area (Å²) < 4.78 is 11.4. The third-order valence-corrected chi connectivity index (χ3v) is 5.90. The second kappa shape index (κ2) is 9.66. The lowest BCUT2D eigenvalue weighted by atomic mass is 10.2. The minimum Gasteiger partial charge on any atom is -0.494 e. The number of aryl methyl sites for hydroxylation is 1. The molecule has 6 nitrogen and oxygen atoms in total. The molecule has 4 rings (SSSR count). The first-order chi connectivity index (χ1) is 15.1. The summed E-state index contributed by atoms with van der Waals surface area (Å²) in [5.41, 5.74) is 2.55. The number of nitrogens with one attached hydrogen (secondary N) is 1. The minimum absolute atomic E-state index is 0.00718.